The van der Waals surface area contributed by atoms with Gasteiger partial charge >= 0.3 is 12.1 Å². The van der Waals surface area contributed by atoms with Gasteiger partial charge in [-0.3, -0.25) is 4.79 Å². The number of carbonyl (C=O) groups excluding carboxylic acids is 2. The van der Waals surface area contributed by atoms with Crippen molar-refractivity contribution in [3.8, 4) is 11.1 Å². The summed E-state index contributed by atoms with van der Waals surface area (Å²) in [4.78, 5) is 37.4. The number of amides is 2. The second-order valence-electron chi connectivity index (χ2n) is 10.8. The summed E-state index contributed by atoms with van der Waals surface area (Å²) in [5, 5.41) is 14.8. The number of hydrogen-bond donors (Lipinski definition) is 3. The fraction of sp³-hybridized carbons (Fsp3) is 0.464. The number of fused-ring (bicyclic) bond motifs is 3. The molecule has 0 spiro atoms. The van der Waals surface area contributed by atoms with Crippen LogP contribution in [-0.4, -0.2) is 41.8 Å². The molecule has 2 atom stereocenters. The Balaban J connectivity index is 1.42. The Labute approximate surface area is 206 Å². The van der Waals surface area contributed by atoms with E-state index < -0.39 is 30.1 Å². The molecule has 0 radical (unpaired) electrons. The van der Waals surface area contributed by atoms with Gasteiger partial charge in [0, 0.05) is 5.92 Å². The topological polar surface area (TPSA) is 105 Å². The molecular formula is C28H34N2O5. The van der Waals surface area contributed by atoms with Crippen LogP contribution in [0.3, 0.4) is 0 Å². The summed E-state index contributed by atoms with van der Waals surface area (Å²) in [5.41, 5.74) is 4.44. The lowest BCUT2D eigenvalue weighted by molar-refractivity contribution is -0.142. The third kappa shape index (κ3) is 6.02. The third-order valence-electron chi connectivity index (χ3n) is 6.79. The number of carboxylic acid groups (broad SMARTS) is 1. The second kappa shape index (κ2) is 10.1. The van der Waals surface area contributed by atoms with Gasteiger partial charge in [0.15, 0.2) is 0 Å². The van der Waals surface area contributed by atoms with Crippen LogP contribution in [-0.2, 0) is 14.3 Å². The summed E-state index contributed by atoms with van der Waals surface area (Å²) in [6.45, 7) is 6.31. The molecule has 0 aromatic heterocycles. The zero-order valence-corrected chi connectivity index (χ0v) is 20.5. The predicted octanol–water partition coefficient (Wildman–Crippen LogP) is 4.70. The van der Waals surface area contributed by atoms with Crippen molar-refractivity contribution in [1.29, 1.82) is 0 Å². The van der Waals surface area contributed by atoms with E-state index in [0.717, 1.165) is 35.1 Å². The number of hydrogen-bond acceptors (Lipinski definition) is 4. The molecule has 0 saturated heterocycles. The fourth-order valence-electron chi connectivity index (χ4n) is 4.69. The average Bonchev–Trinajstić information content (AvgIpc) is 3.60. The molecule has 4 rings (SSSR count). The summed E-state index contributed by atoms with van der Waals surface area (Å²) in [5.74, 6) is -1.66. The number of benzene rings is 2. The van der Waals surface area contributed by atoms with Gasteiger partial charge in [-0.2, -0.15) is 0 Å². The van der Waals surface area contributed by atoms with Crippen LogP contribution in [0, 0.1) is 11.3 Å². The molecule has 2 aliphatic carbocycles. The van der Waals surface area contributed by atoms with E-state index in [1.807, 2.05) is 36.4 Å². The zero-order chi connectivity index (χ0) is 25.2. The average molecular weight is 479 g/mol. The SMILES string of the molecule is CC(C)(C)CCC(NC(=O)OCC1c2ccccc2-c2ccccc21)C(=O)NC(C(=O)O)C1CC1. The maximum Gasteiger partial charge on any atom is 0.407 e. The Morgan fingerprint density at radius 3 is 2.06 bits per heavy atom. The van der Waals surface area contributed by atoms with E-state index in [1.54, 1.807) is 0 Å². The fourth-order valence-corrected chi connectivity index (χ4v) is 4.69. The summed E-state index contributed by atoms with van der Waals surface area (Å²) in [6, 6.07) is 14.4. The van der Waals surface area contributed by atoms with Gasteiger partial charge in [-0.25, -0.2) is 9.59 Å². The Hall–Kier alpha value is -3.35. The van der Waals surface area contributed by atoms with Crippen molar-refractivity contribution < 1.29 is 24.2 Å². The quantitative estimate of drug-likeness (QED) is 0.485. The Kier molecular flexibility index (Phi) is 7.15. The number of ether oxygens (including phenoxy) is 1. The number of aliphatic carboxylic acids is 1. The number of carbonyl (C=O) groups is 3. The monoisotopic (exact) mass is 478 g/mol. The van der Waals surface area contributed by atoms with Crippen LogP contribution >= 0.6 is 0 Å². The summed E-state index contributed by atoms with van der Waals surface area (Å²) >= 11 is 0. The van der Waals surface area contributed by atoms with Crippen LogP contribution in [0.1, 0.15) is 63.5 Å². The molecule has 2 amide bonds. The molecule has 35 heavy (non-hydrogen) atoms. The van der Waals surface area contributed by atoms with E-state index in [-0.39, 0.29) is 23.9 Å². The molecule has 186 valence electrons. The molecule has 1 saturated carbocycles. The van der Waals surface area contributed by atoms with E-state index >= 15 is 0 Å². The van der Waals surface area contributed by atoms with E-state index in [2.05, 4.69) is 43.5 Å². The molecule has 1 fully saturated rings. The van der Waals surface area contributed by atoms with Crippen molar-refractivity contribution in [2.45, 2.75) is 64.5 Å². The maximum absolute atomic E-state index is 13.0. The van der Waals surface area contributed by atoms with Gasteiger partial charge in [0.25, 0.3) is 0 Å². The molecule has 2 aromatic carbocycles. The largest absolute Gasteiger partial charge is 0.480 e. The van der Waals surface area contributed by atoms with Gasteiger partial charge in [-0.1, -0.05) is 69.3 Å². The van der Waals surface area contributed by atoms with Crippen LogP contribution in [0.15, 0.2) is 48.5 Å². The van der Waals surface area contributed by atoms with Crippen molar-refractivity contribution in [2.24, 2.45) is 11.3 Å². The van der Waals surface area contributed by atoms with Gasteiger partial charge in [0.2, 0.25) is 5.91 Å². The highest BCUT2D eigenvalue weighted by molar-refractivity contribution is 5.89. The third-order valence-corrected chi connectivity index (χ3v) is 6.79. The first-order chi connectivity index (χ1) is 16.6. The van der Waals surface area contributed by atoms with Crippen LogP contribution < -0.4 is 10.6 Å². The van der Waals surface area contributed by atoms with Gasteiger partial charge in [0.1, 0.15) is 18.7 Å². The van der Waals surface area contributed by atoms with Gasteiger partial charge < -0.3 is 20.5 Å². The Morgan fingerprint density at radius 2 is 1.54 bits per heavy atom. The smallest absolute Gasteiger partial charge is 0.407 e. The number of nitrogens with one attached hydrogen (secondary N) is 2. The molecule has 2 aromatic rings. The molecule has 0 bridgehead atoms. The molecule has 7 nitrogen and oxygen atoms in total. The maximum atomic E-state index is 13.0. The Morgan fingerprint density at radius 1 is 0.971 bits per heavy atom. The number of carboxylic acids is 1. The van der Waals surface area contributed by atoms with Crippen molar-refractivity contribution in [2.75, 3.05) is 6.61 Å². The van der Waals surface area contributed by atoms with E-state index in [0.29, 0.717) is 12.8 Å². The highest BCUT2D eigenvalue weighted by Gasteiger charge is 2.39. The van der Waals surface area contributed by atoms with Crippen LogP contribution in [0.2, 0.25) is 0 Å². The first-order valence-electron chi connectivity index (χ1n) is 12.3. The Bertz CT molecular complexity index is 1060. The summed E-state index contributed by atoms with van der Waals surface area (Å²) < 4.78 is 5.62. The lowest BCUT2D eigenvalue weighted by atomic mass is 9.88. The number of alkyl carbamates (subject to hydrolysis) is 1. The van der Waals surface area contributed by atoms with E-state index in [9.17, 15) is 19.5 Å². The molecule has 0 heterocycles. The minimum atomic E-state index is -1.04. The highest BCUT2D eigenvalue weighted by Crippen LogP contribution is 2.44. The summed E-state index contributed by atoms with van der Waals surface area (Å²) in [7, 11) is 0. The molecule has 7 heteroatoms. The molecular weight excluding hydrogens is 444 g/mol. The van der Waals surface area contributed by atoms with Crippen molar-refractivity contribution >= 4 is 18.0 Å². The lowest BCUT2D eigenvalue weighted by Crippen LogP contribution is -2.52. The molecule has 2 aliphatic rings. The highest BCUT2D eigenvalue weighted by atomic mass is 16.5. The second-order valence-corrected chi connectivity index (χ2v) is 10.8. The zero-order valence-electron chi connectivity index (χ0n) is 20.5. The number of rotatable bonds is 9. The van der Waals surface area contributed by atoms with Gasteiger partial charge in [-0.15, -0.1) is 0 Å². The first-order valence-corrected chi connectivity index (χ1v) is 12.3. The summed E-state index contributed by atoms with van der Waals surface area (Å²) in [6.07, 6.45) is 1.94. The van der Waals surface area contributed by atoms with Crippen molar-refractivity contribution in [3.05, 3.63) is 59.7 Å². The first kappa shape index (κ1) is 24.8. The van der Waals surface area contributed by atoms with E-state index in [1.165, 1.54) is 0 Å². The predicted molar refractivity (Wildman–Crippen MR) is 133 cm³/mol. The lowest BCUT2D eigenvalue weighted by Gasteiger charge is -2.25. The van der Waals surface area contributed by atoms with Crippen molar-refractivity contribution in [1.82, 2.24) is 10.6 Å². The minimum Gasteiger partial charge on any atom is -0.480 e. The normalized spacial score (nSPS) is 16.5. The minimum absolute atomic E-state index is 0.0471. The van der Waals surface area contributed by atoms with Crippen LogP contribution in [0.5, 0.6) is 0 Å². The molecule has 0 aliphatic heterocycles. The van der Waals surface area contributed by atoms with Crippen molar-refractivity contribution in [3.63, 3.8) is 0 Å². The van der Waals surface area contributed by atoms with Crippen LogP contribution in [0.4, 0.5) is 4.79 Å². The van der Waals surface area contributed by atoms with Gasteiger partial charge in [-0.05, 0) is 59.3 Å². The van der Waals surface area contributed by atoms with E-state index in [4.69, 9.17) is 4.74 Å². The molecule has 3 N–H and O–H groups in total. The molecule has 2 unspecified atom stereocenters. The van der Waals surface area contributed by atoms with Gasteiger partial charge in [0.05, 0.1) is 0 Å². The standard InChI is InChI=1S/C28H34N2O5/c1-28(2,3)15-14-23(25(31)30-24(26(32)33)17-12-13-17)29-27(34)35-16-22-20-10-6-4-8-18(20)19-9-5-7-11-21(19)22/h4-11,17,22-24H,12-16H2,1-3H3,(H,29,34)(H,30,31)(H,32,33). The van der Waals surface area contributed by atoms with Crippen LogP contribution in [0.25, 0.3) is 11.1 Å².